The summed E-state index contributed by atoms with van der Waals surface area (Å²) in [7, 11) is 0. The fourth-order valence-corrected chi connectivity index (χ4v) is 2.03. The molecule has 0 saturated carbocycles. The van der Waals surface area contributed by atoms with Gasteiger partial charge in [0.05, 0.1) is 6.61 Å². The van der Waals surface area contributed by atoms with Crippen molar-refractivity contribution in [1.82, 2.24) is 5.32 Å². The molecule has 0 heterocycles. The van der Waals surface area contributed by atoms with Crippen LogP contribution >= 0.6 is 0 Å². The van der Waals surface area contributed by atoms with Crippen LogP contribution < -0.4 is 5.32 Å². The number of hydrogen-bond acceptors (Lipinski definition) is 2. The summed E-state index contributed by atoms with van der Waals surface area (Å²) in [5.74, 6) is 0. The Balaban J connectivity index is 2.37. The van der Waals surface area contributed by atoms with Crippen LogP contribution in [0.15, 0.2) is 24.3 Å². The van der Waals surface area contributed by atoms with Crippen LogP contribution in [0, 0.1) is 5.41 Å². The smallest absolute Gasteiger partial charge is 0.0719 e. The van der Waals surface area contributed by atoms with Crippen LogP contribution in [0.1, 0.15) is 51.7 Å². The monoisotopic (exact) mass is 277 g/mol. The quantitative estimate of drug-likeness (QED) is 0.684. The molecule has 1 aromatic carbocycles. The third kappa shape index (κ3) is 7.66. The van der Waals surface area contributed by atoms with Gasteiger partial charge >= 0.3 is 0 Å². The molecule has 0 bridgehead atoms. The molecule has 20 heavy (non-hydrogen) atoms. The topological polar surface area (TPSA) is 21.3 Å². The molecule has 0 aliphatic carbocycles. The molecule has 2 heteroatoms. The van der Waals surface area contributed by atoms with E-state index in [2.05, 4.69) is 57.3 Å². The molecule has 0 saturated heterocycles. The molecule has 0 spiro atoms. The Labute approximate surface area is 124 Å². The van der Waals surface area contributed by atoms with Gasteiger partial charge in [0.1, 0.15) is 0 Å². The summed E-state index contributed by atoms with van der Waals surface area (Å²) in [5, 5.41) is 3.46. The lowest BCUT2D eigenvalue weighted by atomic mass is 9.93. The zero-order valence-electron chi connectivity index (χ0n) is 13.7. The summed E-state index contributed by atoms with van der Waals surface area (Å²) in [5.41, 5.74) is 3.09. The zero-order valence-corrected chi connectivity index (χ0v) is 13.7. The predicted molar refractivity (Wildman–Crippen MR) is 87.0 cm³/mol. The van der Waals surface area contributed by atoms with Gasteiger partial charge < -0.3 is 10.1 Å². The zero-order chi connectivity index (χ0) is 14.8. The summed E-state index contributed by atoms with van der Waals surface area (Å²) in [6.07, 6.45) is 3.38. The van der Waals surface area contributed by atoms with Crippen molar-refractivity contribution in [3.8, 4) is 0 Å². The van der Waals surface area contributed by atoms with Crippen LogP contribution in [0.5, 0.6) is 0 Å². The van der Waals surface area contributed by atoms with Crippen molar-refractivity contribution in [2.75, 3.05) is 19.7 Å². The van der Waals surface area contributed by atoms with Crippen LogP contribution in [0.3, 0.4) is 0 Å². The minimum Gasteiger partial charge on any atom is -0.377 e. The average Bonchev–Trinajstić information content (AvgIpc) is 2.40. The summed E-state index contributed by atoms with van der Waals surface area (Å²) >= 11 is 0. The van der Waals surface area contributed by atoms with Gasteiger partial charge in [-0.15, -0.1) is 0 Å². The van der Waals surface area contributed by atoms with E-state index in [0.29, 0.717) is 5.41 Å². The molecule has 0 radical (unpaired) electrons. The minimum atomic E-state index is 0.351. The number of nitrogens with one attached hydrogen (secondary N) is 1. The van der Waals surface area contributed by atoms with E-state index >= 15 is 0 Å². The van der Waals surface area contributed by atoms with E-state index in [1.807, 2.05) is 0 Å². The minimum absolute atomic E-state index is 0.351. The van der Waals surface area contributed by atoms with Crippen molar-refractivity contribution in [1.29, 1.82) is 0 Å². The first-order chi connectivity index (χ1) is 9.53. The second kappa shape index (κ2) is 9.15. The van der Waals surface area contributed by atoms with Crippen molar-refractivity contribution < 1.29 is 4.74 Å². The van der Waals surface area contributed by atoms with Gasteiger partial charge in [-0.1, -0.05) is 52.0 Å². The summed E-state index contributed by atoms with van der Waals surface area (Å²) in [6.45, 7) is 12.7. The highest BCUT2D eigenvalue weighted by Gasteiger charge is 2.09. The normalized spacial score (nSPS) is 11.8. The molecular weight excluding hydrogens is 246 g/mol. The van der Waals surface area contributed by atoms with Crippen molar-refractivity contribution in [3.05, 3.63) is 35.4 Å². The summed E-state index contributed by atoms with van der Waals surface area (Å²) in [6, 6.07) is 8.63. The fraction of sp³-hybridized carbons (Fsp3) is 0.667. The van der Waals surface area contributed by atoms with Crippen molar-refractivity contribution in [3.63, 3.8) is 0 Å². The molecule has 2 nitrogen and oxygen atoms in total. The molecule has 0 fully saturated rings. The van der Waals surface area contributed by atoms with Gasteiger partial charge in [-0.3, -0.25) is 0 Å². The Morgan fingerprint density at radius 2 is 1.75 bits per heavy atom. The lowest BCUT2D eigenvalue weighted by Gasteiger charge is -2.18. The molecule has 114 valence electrons. The molecule has 0 unspecified atom stereocenters. The second-order valence-corrected chi connectivity index (χ2v) is 6.63. The van der Waals surface area contributed by atoms with Gasteiger partial charge in [-0.2, -0.15) is 0 Å². The molecule has 0 amide bonds. The summed E-state index contributed by atoms with van der Waals surface area (Å²) < 4.78 is 5.84. The van der Waals surface area contributed by atoms with Crippen LogP contribution in [-0.4, -0.2) is 19.7 Å². The Morgan fingerprint density at radius 1 is 1.05 bits per heavy atom. The van der Waals surface area contributed by atoms with Crippen molar-refractivity contribution in [2.45, 2.75) is 53.6 Å². The van der Waals surface area contributed by atoms with Gasteiger partial charge in [-0.25, -0.2) is 0 Å². The standard InChI is InChI=1S/C18H31NO/c1-5-12-19-13-10-16-8-6-7-9-17(16)15-20-14-11-18(2,3)4/h6-9,19H,5,10-15H2,1-4H3. The highest BCUT2D eigenvalue weighted by molar-refractivity contribution is 5.26. The fourth-order valence-electron chi connectivity index (χ4n) is 2.03. The van der Waals surface area contributed by atoms with E-state index in [0.717, 1.165) is 39.1 Å². The Hall–Kier alpha value is -0.860. The first-order valence-electron chi connectivity index (χ1n) is 7.88. The van der Waals surface area contributed by atoms with Gasteiger partial charge in [-0.05, 0) is 48.9 Å². The molecule has 1 rings (SSSR count). The van der Waals surface area contributed by atoms with Crippen molar-refractivity contribution >= 4 is 0 Å². The maximum atomic E-state index is 5.84. The van der Waals surface area contributed by atoms with Crippen molar-refractivity contribution in [2.24, 2.45) is 5.41 Å². The maximum Gasteiger partial charge on any atom is 0.0719 e. The van der Waals surface area contributed by atoms with E-state index in [9.17, 15) is 0 Å². The molecule has 0 aliphatic rings. The molecule has 1 aromatic rings. The lowest BCUT2D eigenvalue weighted by molar-refractivity contribution is 0.0958. The number of rotatable bonds is 9. The second-order valence-electron chi connectivity index (χ2n) is 6.63. The number of hydrogen-bond donors (Lipinski definition) is 1. The summed E-state index contributed by atoms with van der Waals surface area (Å²) in [4.78, 5) is 0. The van der Waals surface area contributed by atoms with Crippen LogP contribution in [-0.2, 0) is 17.8 Å². The molecular formula is C18H31NO. The third-order valence-electron chi connectivity index (χ3n) is 3.37. The largest absolute Gasteiger partial charge is 0.377 e. The van der Waals surface area contributed by atoms with Gasteiger partial charge in [0.25, 0.3) is 0 Å². The molecule has 0 aromatic heterocycles. The van der Waals surface area contributed by atoms with E-state index in [-0.39, 0.29) is 0 Å². The SMILES string of the molecule is CCCNCCc1ccccc1COCCC(C)(C)C. The van der Waals surface area contributed by atoms with Crippen LogP contribution in [0.25, 0.3) is 0 Å². The Bertz CT molecular complexity index is 368. The molecule has 1 N–H and O–H groups in total. The lowest BCUT2D eigenvalue weighted by Crippen LogP contribution is -2.18. The van der Waals surface area contributed by atoms with E-state index < -0.39 is 0 Å². The first kappa shape index (κ1) is 17.2. The number of ether oxygens (including phenoxy) is 1. The Kier molecular flexibility index (Phi) is 7.86. The van der Waals surface area contributed by atoms with Gasteiger partial charge in [0.15, 0.2) is 0 Å². The number of benzene rings is 1. The molecule has 0 atom stereocenters. The molecule has 0 aliphatic heterocycles. The maximum absolute atomic E-state index is 5.84. The average molecular weight is 277 g/mol. The Morgan fingerprint density at radius 3 is 2.40 bits per heavy atom. The van der Waals surface area contributed by atoms with E-state index in [1.54, 1.807) is 0 Å². The van der Waals surface area contributed by atoms with Gasteiger partial charge in [0.2, 0.25) is 0 Å². The first-order valence-corrected chi connectivity index (χ1v) is 7.88. The predicted octanol–water partition coefficient (Wildman–Crippen LogP) is 4.18. The van der Waals surface area contributed by atoms with E-state index in [1.165, 1.54) is 17.5 Å². The van der Waals surface area contributed by atoms with Gasteiger partial charge in [0, 0.05) is 6.61 Å². The van der Waals surface area contributed by atoms with E-state index in [4.69, 9.17) is 4.74 Å². The van der Waals surface area contributed by atoms with Crippen LogP contribution in [0.4, 0.5) is 0 Å². The van der Waals surface area contributed by atoms with Crippen LogP contribution in [0.2, 0.25) is 0 Å². The third-order valence-corrected chi connectivity index (χ3v) is 3.37. The highest BCUT2D eigenvalue weighted by atomic mass is 16.5. The highest BCUT2D eigenvalue weighted by Crippen LogP contribution is 2.18.